The third kappa shape index (κ3) is 3.94. The molecule has 3 aliphatic rings. The Morgan fingerprint density at radius 1 is 1.05 bits per heavy atom. The van der Waals surface area contributed by atoms with Gasteiger partial charge in [-0.1, -0.05) is 0 Å². The van der Waals surface area contributed by atoms with Crippen LogP contribution in [0.15, 0.2) is 54.6 Å². The van der Waals surface area contributed by atoms with E-state index in [-0.39, 0.29) is 23.8 Å². The molecule has 42 heavy (non-hydrogen) atoms. The number of hydrogen-bond donors (Lipinski definition) is 1. The van der Waals surface area contributed by atoms with Crippen molar-refractivity contribution in [3.63, 3.8) is 0 Å². The van der Waals surface area contributed by atoms with Gasteiger partial charge in [-0.3, -0.25) is 4.79 Å². The second kappa shape index (κ2) is 9.39. The molecule has 2 aromatic carbocycles. The van der Waals surface area contributed by atoms with Crippen molar-refractivity contribution in [3.05, 3.63) is 66.0 Å². The number of nitrogens with zero attached hydrogens (tertiary/aromatic N) is 5. The fraction of sp³-hybridized carbons (Fsp3) is 0.364. The van der Waals surface area contributed by atoms with Crippen LogP contribution >= 0.6 is 0 Å². The molecule has 0 radical (unpaired) electrons. The number of carbonyl (C=O) groups is 1. The lowest BCUT2D eigenvalue weighted by Crippen LogP contribution is -2.41. The summed E-state index contributed by atoms with van der Waals surface area (Å²) < 4.78 is 23.7. The van der Waals surface area contributed by atoms with E-state index in [4.69, 9.17) is 20.4 Å². The molecule has 214 valence electrons. The second-order valence-corrected chi connectivity index (χ2v) is 12.2. The first-order chi connectivity index (χ1) is 20.4. The van der Waals surface area contributed by atoms with E-state index in [9.17, 15) is 9.18 Å². The Morgan fingerprint density at radius 2 is 1.86 bits per heavy atom. The number of aryl methyl sites for hydroxylation is 1. The van der Waals surface area contributed by atoms with Crippen molar-refractivity contribution < 1.29 is 13.9 Å². The van der Waals surface area contributed by atoms with E-state index in [2.05, 4.69) is 21.3 Å². The molecule has 3 atom stereocenters. The van der Waals surface area contributed by atoms with Crippen LogP contribution in [0, 0.1) is 17.7 Å². The van der Waals surface area contributed by atoms with Gasteiger partial charge in [0, 0.05) is 48.7 Å². The number of methoxy groups -OCH3 is 1. The van der Waals surface area contributed by atoms with E-state index >= 15 is 0 Å². The van der Waals surface area contributed by atoms with Gasteiger partial charge in [-0.05, 0) is 92.1 Å². The monoisotopic (exact) mass is 564 g/mol. The van der Waals surface area contributed by atoms with Crippen molar-refractivity contribution in [2.45, 2.75) is 44.3 Å². The number of halogens is 1. The predicted octanol–water partition coefficient (Wildman–Crippen LogP) is 5.38. The topological polar surface area (TPSA) is 91.2 Å². The summed E-state index contributed by atoms with van der Waals surface area (Å²) in [5.41, 5.74) is 12.1. The largest absolute Gasteiger partial charge is 0.494 e. The molecule has 1 amide bonds. The third-order valence-corrected chi connectivity index (χ3v) is 9.57. The van der Waals surface area contributed by atoms with Crippen molar-refractivity contribution in [1.29, 1.82) is 0 Å². The number of imidazole rings is 1. The van der Waals surface area contributed by atoms with E-state index in [1.165, 1.54) is 25.0 Å². The minimum absolute atomic E-state index is 0.00887. The molecule has 0 spiro atoms. The zero-order valence-corrected chi connectivity index (χ0v) is 23.8. The molecule has 4 heterocycles. The molecule has 2 bridgehead atoms. The first-order valence-corrected chi connectivity index (χ1v) is 14.8. The second-order valence-electron chi connectivity index (χ2n) is 12.2. The van der Waals surface area contributed by atoms with E-state index in [0.717, 1.165) is 58.7 Å². The highest BCUT2D eigenvalue weighted by Crippen LogP contribution is 2.40. The van der Waals surface area contributed by atoms with Gasteiger partial charge in [-0.15, -0.1) is 0 Å². The van der Waals surface area contributed by atoms with Gasteiger partial charge < -0.3 is 24.5 Å². The smallest absolute Gasteiger partial charge is 0.254 e. The van der Waals surface area contributed by atoms with E-state index < -0.39 is 0 Å². The van der Waals surface area contributed by atoms with Crippen LogP contribution < -0.4 is 10.5 Å². The molecule has 2 saturated carbocycles. The Kier molecular flexibility index (Phi) is 5.69. The van der Waals surface area contributed by atoms with Crippen molar-refractivity contribution in [3.8, 4) is 28.5 Å². The molecule has 8 rings (SSSR count). The Labute approximate surface area is 242 Å². The summed E-state index contributed by atoms with van der Waals surface area (Å²) in [5, 5.41) is 1.02. The van der Waals surface area contributed by atoms with Gasteiger partial charge >= 0.3 is 0 Å². The maximum absolute atomic E-state index is 13.7. The van der Waals surface area contributed by atoms with E-state index in [1.54, 1.807) is 19.2 Å². The number of ether oxygens (including phenoxy) is 1. The first kappa shape index (κ1) is 25.5. The maximum Gasteiger partial charge on any atom is 0.254 e. The number of aromatic nitrogens is 4. The summed E-state index contributed by atoms with van der Waals surface area (Å²) in [6.07, 6.45) is 4.45. The molecular weight excluding hydrogens is 531 g/mol. The number of piperidine rings is 1. The van der Waals surface area contributed by atoms with Crippen LogP contribution in [0.5, 0.6) is 5.75 Å². The van der Waals surface area contributed by atoms with Gasteiger partial charge in [0.25, 0.3) is 5.91 Å². The number of benzene rings is 2. The number of likely N-dealkylation sites (tertiary alicyclic amines) is 1. The SMILES string of the molecule is COc1cc(C(=O)N2C[C@H]3CC[C@@H]2[C@@H]3N)cc2nc(-c3cc4ccc(-c5ccc(F)cc5)nc4n3CC3CC3)n(C)c12. The first-order valence-electron chi connectivity index (χ1n) is 14.8. The van der Waals surface area contributed by atoms with Crippen molar-refractivity contribution in [1.82, 2.24) is 24.0 Å². The average Bonchev–Trinajstić information content (AvgIpc) is 3.41. The molecular formula is C33H33FN6O2. The molecule has 9 heteroatoms. The van der Waals surface area contributed by atoms with Crippen molar-refractivity contribution in [2.24, 2.45) is 24.6 Å². The van der Waals surface area contributed by atoms with Crippen LogP contribution in [0.1, 0.15) is 36.0 Å². The molecule has 1 saturated heterocycles. The lowest BCUT2D eigenvalue weighted by molar-refractivity contribution is 0.0700. The number of pyridine rings is 1. The summed E-state index contributed by atoms with van der Waals surface area (Å²) in [4.78, 5) is 25.8. The highest BCUT2D eigenvalue weighted by molar-refractivity contribution is 6.00. The zero-order chi connectivity index (χ0) is 28.7. The highest BCUT2D eigenvalue weighted by Gasteiger charge is 2.47. The molecule has 1 aliphatic heterocycles. The molecule has 3 aromatic heterocycles. The molecule has 3 fully saturated rings. The number of amides is 1. The van der Waals surface area contributed by atoms with Gasteiger partial charge in [0.1, 0.15) is 22.7 Å². The lowest BCUT2D eigenvalue weighted by atomic mass is 10.1. The summed E-state index contributed by atoms with van der Waals surface area (Å²) in [5.74, 6) is 2.12. The Balaban J connectivity index is 1.24. The quantitative estimate of drug-likeness (QED) is 0.299. The summed E-state index contributed by atoms with van der Waals surface area (Å²) in [6, 6.07) is 16.5. The van der Waals surface area contributed by atoms with Gasteiger partial charge in [-0.2, -0.15) is 0 Å². The third-order valence-electron chi connectivity index (χ3n) is 9.57. The summed E-state index contributed by atoms with van der Waals surface area (Å²) in [6.45, 7) is 1.56. The summed E-state index contributed by atoms with van der Waals surface area (Å²) in [7, 11) is 3.62. The zero-order valence-electron chi connectivity index (χ0n) is 23.8. The summed E-state index contributed by atoms with van der Waals surface area (Å²) >= 11 is 0. The van der Waals surface area contributed by atoms with Crippen molar-refractivity contribution in [2.75, 3.05) is 13.7 Å². The number of hydrogen-bond acceptors (Lipinski definition) is 5. The van der Waals surface area contributed by atoms with Gasteiger partial charge in [0.15, 0.2) is 5.82 Å². The minimum Gasteiger partial charge on any atom is -0.494 e. The van der Waals surface area contributed by atoms with E-state index in [0.29, 0.717) is 35.2 Å². The Bertz CT molecular complexity index is 1870. The van der Waals surface area contributed by atoms with Gasteiger partial charge in [-0.25, -0.2) is 14.4 Å². The fourth-order valence-electron chi connectivity index (χ4n) is 7.10. The Morgan fingerprint density at radius 3 is 2.55 bits per heavy atom. The lowest BCUT2D eigenvalue weighted by Gasteiger charge is -2.27. The number of carbonyl (C=O) groups excluding carboxylic acids is 1. The fourth-order valence-corrected chi connectivity index (χ4v) is 7.10. The minimum atomic E-state index is -0.266. The highest BCUT2D eigenvalue weighted by atomic mass is 19.1. The van der Waals surface area contributed by atoms with Crippen LogP contribution in [-0.4, -0.2) is 55.6 Å². The molecule has 2 N–H and O–H groups in total. The predicted molar refractivity (Wildman–Crippen MR) is 160 cm³/mol. The standard InChI is InChI=1S/C33H33FN6O2/c1-38-30-25(13-22(15-28(30)42-2)33(41)40-17-21-8-12-26(40)29(21)35)37-32(38)27-14-20-7-11-24(19-5-9-23(34)10-6-19)36-31(20)39(27)16-18-3-4-18/h5-7,9-11,13-15,18,21,26,29H,3-4,8,12,16-17,35H2,1-2H3/t21-,26-,29-/m1/s1. The van der Waals surface area contributed by atoms with Crippen LogP contribution in [0.4, 0.5) is 4.39 Å². The number of fused-ring (bicyclic) bond motifs is 4. The molecule has 5 aromatic rings. The Hall–Kier alpha value is -4.24. The molecule has 2 aliphatic carbocycles. The van der Waals surface area contributed by atoms with Gasteiger partial charge in [0.2, 0.25) is 0 Å². The maximum atomic E-state index is 13.7. The van der Waals surface area contributed by atoms with Crippen LogP contribution in [0.2, 0.25) is 0 Å². The van der Waals surface area contributed by atoms with E-state index in [1.807, 2.05) is 30.1 Å². The van der Waals surface area contributed by atoms with Crippen molar-refractivity contribution >= 4 is 28.0 Å². The van der Waals surface area contributed by atoms with Crippen LogP contribution in [-0.2, 0) is 13.6 Å². The average molecular weight is 565 g/mol. The van der Waals surface area contributed by atoms with Crippen LogP contribution in [0.3, 0.4) is 0 Å². The molecule has 0 unspecified atom stereocenters. The van der Waals surface area contributed by atoms with Crippen LogP contribution in [0.25, 0.3) is 44.8 Å². The molecule has 8 nitrogen and oxygen atoms in total. The normalized spacial score (nSPS) is 21.6. The van der Waals surface area contributed by atoms with Gasteiger partial charge in [0.05, 0.1) is 24.0 Å². The number of rotatable bonds is 6. The number of nitrogens with two attached hydrogens (primary N) is 1.